The van der Waals surface area contributed by atoms with Crippen molar-refractivity contribution in [2.45, 2.75) is 45.1 Å². The second kappa shape index (κ2) is 10.0. The van der Waals surface area contributed by atoms with Gasteiger partial charge in [-0.25, -0.2) is 0 Å². The zero-order valence-electron chi connectivity index (χ0n) is 16.4. The highest BCUT2D eigenvalue weighted by molar-refractivity contribution is 5.78. The van der Waals surface area contributed by atoms with Gasteiger partial charge in [-0.05, 0) is 55.2 Å². The van der Waals surface area contributed by atoms with Gasteiger partial charge in [-0.15, -0.1) is 0 Å². The van der Waals surface area contributed by atoms with Gasteiger partial charge in [-0.1, -0.05) is 36.4 Å². The van der Waals surface area contributed by atoms with E-state index in [1.54, 1.807) is 13.1 Å². The van der Waals surface area contributed by atoms with Crippen LogP contribution in [-0.4, -0.2) is 23.3 Å². The summed E-state index contributed by atoms with van der Waals surface area (Å²) in [5.41, 5.74) is 1.97. The molecule has 0 radical (unpaired) electrons. The molecule has 1 aliphatic carbocycles. The standard InChI is InChI=1S/C23H29N3O2/c1-17(27)26-23(21-9-5-6-14-24-21)20-12-10-19(11-13-20)16-25-22(28)15-18-7-3-2-4-8-18/h2-9,14,19-20,23H,10-13,15-16H2,1H3,(H,25,28)(H,26,27). The van der Waals surface area contributed by atoms with Gasteiger partial charge in [0, 0.05) is 19.7 Å². The number of hydrogen-bond acceptors (Lipinski definition) is 3. The first kappa shape index (κ1) is 20.1. The number of carbonyl (C=O) groups excluding carboxylic acids is 2. The Kier molecular flexibility index (Phi) is 7.18. The summed E-state index contributed by atoms with van der Waals surface area (Å²) in [6.45, 7) is 2.29. The molecule has 3 rings (SSSR count). The molecule has 148 valence electrons. The Hall–Kier alpha value is -2.69. The Bertz CT molecular complexity index is 756. The second-order valence-electron chi connectivity index (χ2n) is 7.68. The van der Waals surface area contributed by atoms with Gasteiger partial charge in [0.1, 0.15) is 0 Å². The van der Waals surface area contributed by atoms with E-state index in [0.29, 0.717) is 18.3 Å². The lowest BCUT2D eigenvalue weighted by Gasteiger charge is -2.34. The van der Waals surface area contributed by atoms with Crippen LogP contribution in [0.4, 0.5) is 0 Å². The maximum Gasteiger partial charge on any atom is 0.224 e. The average molecular weight is 380 g/mol. The molecule has 1 aliphatic rings. The lowest BCUT2D eigenvalue weighted by atomic mass is 9.77. The summed E-state index contributed by atoms with van der Waals surface area (Å²) >= 11 is 0. The number of aromatic nitrogens is 1. The summed E-state index contributed by atoms with van der Waals surface area (Å²) in [6.07, 6.45) is 6.37. The van der Waals surface area contributed by atoms with Crippen molar-refractivity contribution in [2.75, 3.05) is 6.54 Å². The topological polar surface area (TPSA) is 71.1 Å². The van der Waals surface area contributed by atoms with Crippen LogP contribution in [-0.2, 0) is 16.0 Å². The molecule has 0 saturated heterocycles. The molecule has 1 saturated carbocycles. The number of pyridine rings is 1. The highest BCUT2D eigenvalue weighted by Gasteiger charge is 2.30. The van der Waals surface area contributed by atoms with Crippen LogP contribution in [0.5, 0.6) is 0 Å². The first-order valence-corrected chi connectivity index (χ1v) is 10.1. The van der Waals surface area contributed by atoms with Crippen LogP contribution in [0.15, 0.2) is 54.7 Å². The van der Waals surface area contributed by atoms with Gasteiger partial charge in [0.15, 0.2) is 0 Å². The van der Waals surface area contributed by atoms with E-state index in [1.165, 1.54) is 0 Å². The molecule has 2 N–H and O–H groups in total. The minimum absolute atomic E-state index is 0.0223. The Morgan fingerprint density at radius 3 is 2.39 bits per heavy atom. The highest BCUT2D eigenvalue weighted by atomic mass is 16.2. The summed E-state index contributed by atoms with van der Waals surface area (Å²) in [4.78, 5) is 28.3. The molecular weight excluding hydrogens is 350 g/mol. The van der Waals surface area contributed by atoms with Crippen molar-refractivity contribution in [2.24, 2.45) is 11.8 Å². The lowest BCUT2D eigenvalue weighted by Crippen LogP contribution is -2.36. The van der Waals surface area contributed by atoms with Crippen molar-refractivity contribution in [3.63, 3.8) is 0 Å². The van der Waals surface area contributed by atoms with Crippen LogP contribution in [0.1, 0.15) is 49.9 Å². The Morgan fingerprint density at radius 1 is 1.04 bits per heavy atom. The molecule has 1 atom stereocenters. The van der Waals surface area contributed by atoms with Crippen molar-refractivity contribution >= 4 is 11.8 Å². The number of nitrogens with one attached hydrogen (secondary N) is 2. The van der Waals surface area contributed by atoms with E-state index in [4.69, 9.17) is 0 Å². The summed E-state index contributed by atoms with van der Waals surface area (Å²) in [5.74, 6) is 0.941. The smallest absolute Gasteiger partial charge is 0.224 e. The minimum Gasteiger partial charge on any atom is -0.356 e. The van der Waals surface area contributed by atoms with Crippen molar-refractivity contribution in [1.29, 1.82) is 0 Å². The van der Waals surface area contributed by atoms with E-state index in [2.05, 4.69) is 15.6 Å². The number of nitrogens with zero attached hydrogens (tertiary/aromatic N) is 1. The maximum atomic E-state index is 12.2. The molecule has 2 amide bonds. The zero-order valence-corrected chi connectivity index (χ0v) is 16.4. The number of carbonyl (C=O) groups is 2. The van der Waals surface area contributed by atoms with E-state index >= 15 is 0 Å². The third kappa shape index (κ3) is 5.91. The quantitative estimate of drug-likeness (QED) is 0.774. The van der Waals surface area contributed by atoms with Crippen LogP contribution in [0.3, 0.4) is 0 Å². The lowest BCUT2D eigenvalue weighted by molar-refractivity contribution is -0.121. The number of rotatable bonds is 7. The molecular formula is C23H29N3O2. The van der Waals surface area contributed by atoms with Crippen LogP contribution >= 0.6 is 0 Å². The summed E-state index contributed by atoms with van der Waals surface area (Å²) in [7, 11) is 0. The molecule has 5 nitrogen and oxygen atoms in total. The fourth-order valence-electron chi connectivity index (χ4n) is 4.04. The van der Waals surface area contributed by atoms with Gasteiger partial charge < -0.3 is 10.6 Å². The first-order chi connectivity index (χ1) is 13.6. The molecule has 1 unspecified atom stereocenters. The van der Waals surface area contributed by atoms with E-state index in [0.717, 1.165) is 43.5 Å². The van der Waals surface area contributed by atoms with E-state index < -0.39 is 0 Å². The first-order valence-electron chi connectivity index (χ1n) is 10.1. The third-order valence-electron chi connectivity index (χ3n) is 5.52. The molecule has 1 fully saturated rings. The van der Waals surface area contributed by atoms with Crippen LogP contribution < -0.4 is 10.6 Å². The highest BCUT2D eigenvalue weighted by Crippen LogP contribution is 2.36. The van der Waals surface area contributed by atoms with Gasteiger partial charge in [-0.2, -0.15) is 0 Å². The minimum atomic E-state index is -0.0349. The molecule has 1 aromatic carbocycles. The molecule has 28 heavy (non-hydrogen) atoms. The molecule has 0 spiro atoms. The fraction of sp³-hybridized carbons (Fsp3) is 0.435. The molecule has 2 aromatic rings. The van der Waals surface area contributed by atoms with Crippen molar-refractivity contribution in [3.8, 4) is 0 Å². The van der Waals surface area contributed by atoms with Gasteiger partial charge >= 0.3 is 0 Å². The Labute approximate surface area is 167 Å². The molecule has 1 aromatic heterocycles. The van der Waals surface area contributed by atoms with Gasteiger partial charge in [0.25, 0.3) is 0 Å². The number of amides is 2. The fourth-order valence-corrected chi connectivity index (χ4v) is 4.04. The maximum absolute atomic E-state index is 12.2. The van der Waals surface area contributed by atoms with Crippen molar-refractivity contribution in [1.82, 2.24) is 15.6 Å². The van der Waals surface area contributed by atoms with Crippen LogP contribution in [0.2, 0.25) is 0 Å². The molecule has 0 aliphatic heterocycles. The predicted octanol–water partition coefficient (Wildman–Crippen LogP) is 3.42. The molecule has 0 bridgehead atoms. The Morgan fingerprint density at radius 2 is 1.75 bits per heavy atom. The monoisotopic (exact) mass is 379 g/mol. The molecule has 5 heteroatoms. The van der Waals surface area contributed by atoms with E-state index in [-0.39, 0.29) is 17.9 Å². The summed E-state index contributed by atoms with van der Waals surface area (Å²) < 4.78 is 0. The van der Waals surface area contributed by atoms with Gasteiger partial charge in [0.05, 0.1) is 18.2 Å². The van der Waals surface area contributed by atoms with Crippen LogP contribution in [0.25, 0.3) is 0 Å². The largest absolute Gasteiger partial charge is 0.356 e. The SMILES string of the molecule is CC(=O)NC(c1ccccn1)C1CCC(CNC(=O)Cc2ccccc2)CC1. The average Bonchev–Trinajstić information content (AvgIpc) is 2.72. The Balaban J connectivity index is 1.47. The van der Waals surface area contributed by atoms with Gasteiger partial charge in [-0.3, -0.25) is 14.6 Å². The van der Waals surface area contributed by atoms with Crippen LogP contribution in [0, 0.1) is 11.8 Å². The number of hydrogen-bond donors (Lipinski definition) is 2. The van der Waals surface area contributed by atoms with Crippen molar-refractivity contribution < 1.29 is 9.59 Å². The van der Waals surface area contributed by atoms with Crippen molar-refractivity contribution in [3.05, 3.63) is 66.0 Å². The van der Waals surface area contributed by atoms with E-state index in [9.17, 15) is 9.59 Å². The number of benzene rings is 1. The third-order valence-corrected chi connectivity index (χ3v) is 5.52. The molecule has 1 heterocycles. The predicted molar refractivity (Wildman–Crippen MR) is 109 cm³/mol. The zero-order chi connectivity index (χ0) is 19.8. The van der Waals surface area contributed by atoms with E-state index in [1.807, 2.05) is 48.5 Å². The summed E-state index contributed by atoms with van der Waals surface area (Å²) in [6, 6.07) is 15.6. The second-order valence-corrected chi connectivity index (χ2v) is 7.68. The van der Waals surface area contributed by atoms with Gasteiger partial charge in [0.2, 0.25) is 11.8 Å². The normalized spacial score (nSPS) is 20.2. The summed E-state index contributed by atoms with van der Waals surface area (Å²) in [5, 5.41) is 6.17.